The zero-order chi connectivity index (χ0) is 34.2. The molecule has 0 unspecified atom stereocenters. The quantitative estimate of drug-likeness (QED) is 0.133. The van der Waals surface area contributed by atoms with Crippen molar-refractivity contribution in [3.05, 3.63) is 120 Å². The van der Waals surface area contributed by atoms with E-state index in [-0.39, 0.29) is 22.6 Å². The fraction of sp³-hybridized carbons (Fsp3) is 0.105. The van der Waals surface area contributed by atoms with Gasteiger partial charge in [-0.05, 0) is 57.9 Å². The fourth-order valence-electron chi connectivity index (χ4n) is 5.01. The maximum atomic E-state index is 12.5. The number of hydrogen-bond acceptors (Lipinski definition) is 8. The van der Waals surface area contributed by atoms with Gasteiger partial charge < -0.3 is 39.8 Å². The van der Waals surface area contributed by atoms with E-state index in [9.17, 15) is 19.8 Å². The van der Waals surface area contributed by atoms with Crippen molar-refractivity contribution >= 4 is 44.7 Å². The van der Waals surface area contributed by atoms with Gasteiger partial charge in [-0.3, -0.25) is 9.59 Å². The second-order valence-corrected chi connectivity index (χ2v) is 10.5. The van der Waals surface area contributed by atoms with Gasteiger partial charge in [0.1, 0.15) is 23.0 Å². The molecule has 0 spiro atoms. The number of nitrogens with one attached hydrogen (secondary N) is 2. The Balaban J connectivity index is 0.000000188. The molecular formula is C38H34N2O8. The molecule has 10 nitrogen and oxygen atoms in total. The molecule has 6 aromatic carbocycles. The molecule has 0 radical (unpaired) electrons. The number of anilines is 2. The molecule has 0 aliphatic heterocycles. The van der Waals surface area contributed by atoms with Crippen LogP contribution in [0.5, 0.6) is 34.5 Å². The van der Waals surface area contributed by atoms with E-state index in [0.717, 1.165) is 21.5 Å². The summed E-state index contributed by atoms with van der Waals surface area (Å²) in [6, 6.07) is 31.7. The molecule has 244 valence electrons. The first-order valence-corrected chi connectivity index (χ1v) is 14.7. The standard InChI is InChI=1S/2C19H17NO4/c1-23-15-9-14(10-16(11-15)24-2)20-19(22)17-7-12-5-3-4-6-13(12)8-18(17)21;1-23-17-8-7-14(11-18(17)24-2)20-19(22)15-9-12-5-3-4-6-13(12)10-16(15)21/h2*3-11,21H,1-2H3,(H,20,22). The Morgan fingerprint density at radius 1 is 0.479 bits per heavy atom. The van der Waals surface area contributed by atoms with Crippen LogP contribution in [-0.2, 0) is 0 Å². The first-order valence-electron chi connectivity index (χ1n) is 14.7. The summed E-state index contributed by atoms with van der Waals surface area (Å²) < 4.78 is 20.8. The van der Waals surface area contributed by atoms with Crippen molar-refractivity contribution in [1.29, 1.82) is 0 Å². The molecular weight excluding hydrogens is 612 g/mol. The largest absolute Gasteiger partial charge is 0.507 e. The lowest BCUT2D eigenvalue weighted by molar-refractivity contribution is 0.101. The second kappa shape index (κ2) is 14.8. The lowest BCUT2D eigenvalue weighted by Crippen LogP contribution is -2.12. The number of rotatable bonds is 8. The third-order valence-corrected chi connectivity index (χ3v) is 7.47. The number of ether oxygens (including phenoxy) is 4. The Morgan fingerprint density at radius 2 is 0.917 bits per heavy atom. The highest BCUT2D eigenvalue weighted by Crippen LogP contribution is 2.32. The van der Waals surface area contributed by atoms with Crippen LogP contribution in [0.4, 0.5) is 11.4 Å². The van der Waals surface area contributed by atoms with Gasteiger partial charge in [0.2, 0.25) is 0 Å². The average Bonchev–Trinajstić information content (AvgIpc) is 3.10. The summed E-state index contributed by atoms with van der Waals surface area (Å²) in [6.07, 6.45) is 0. The van der Waals surface area contributed by atoms with Crippen LogP contribution < -0.4 is 29.6 Å². The van der Waals surface area contributed by atoms with E-state index >= 15 is 0 Å². The average molecular weight is 647 g/mol. The van der Waals surface area contributed by atoms with Crippen LogP contribution in [0.25, 0.3) is 21.5 Å². The molecule has 6 rings (SSSR count). The molecule has 0 saturated heterocycles. The van der Waals surface area contributed by atoms with Gasteiger partial charge in [-0.25, -0.2) is 0 Å². The molecule has 0 heterocycles. The Morgan fingerprint density at radius 3 is 1.35 bits per heavy atom. The zero-order valence-electron chi connectivity index (χ0n) is 26.7. The highest BCUT2D eigenvalue weighted by atomic mass is 16.5. The molecule has 0 atom stereocenters. The van der Waals surface area contributed by atoms with Crippen LogP contribution in [0, 0.1) is 0 Å². The smallest absolute Gasteiger partial charge is 0.259 e. The molecule has 10 heteroatoms. The Kier molecular flexibility index (Phi) is 10.1. The lowest BCUT2D eigenvalue weighted by Gasteiger charge is -2.11. The summed E-state index contributed by atoms with van der Waals surface area (Å²) in [5.74, 6) is 1.27. The van der Waals surface area contributed by atoms with Crippen molar-refractivity contribution in [2.75, 3.05) is 39.1 Å². The van der Waals surface area contributed by atoms with E-state index in [1.165, 1.54) is 21.3 Å². The molecule has 48 heavy (non-hydrogen) atoms. The van der Waals surface area contributed by atoms with Crippen LogP contribution in [0.2, 0.25) is 0 Å². The van der Waals surface area contributed by atoms with Gasteiger partial charge in [0, 0.05) is 35.6 Å². The van der Waals surface area contributed by atoms with Gasteiger partial charge in [-0.1, -0.05) is 48.5 Å². The monoisotopic (exact) mass is 646 g/mol. The van der Waals surface area contributed by atoms with Gasteiger partial charge in [0.05, 0.1) is 39.6 Å². The summed E-state index contributed by atoms with van der Waals surface area (Å²) in [5, 5.41) is 29.3. The Hall–Kier alpha value is -6.42. The Bertz CT molecular complexity index is 2090. The van der Waals surface area contributed by atoms with E-state index in [0.29, 0.717) is 34.4 Å². The van der Waals surface area contributed by atoms with Crippen molar-refractivity contribution in [1.82, 2.24) is 0 Å². The summed E-state index contributed by atoms with van der Waals surface area (Å²) in [5.41, 5.74) is 1.48. The predicted octanol–water partition coefficient (Wildman–Crippen LogP) is 7.63. The Labute approximate surface area is 277 Å². The van der Waals surface area contributed by atoms with Gasteiger partial charge in [0.25, 0.3) is 11.8 Å². The first kappa shape index (κ1) is 33.0. The van der Waals surface area contributed by atoms with Gasteiger partial charge in [-0.2, -0.15) is 0 Å². The van der Waals surface area contributed by atoms with Crippen LogP contribution in [0.1, 0.15) is 20.7 Å². The number of fused-ring (bicyclic) bond motifs is 2. The molecule has 0 saturated carbocycles. The normalized spacial score (nSPS) is 10.4. The van der Waals surface area contributed by atoms with E-state index in [1.54, 1.807) is 67.8 Å². The summed E-state index contributed by atoms with van der Waals surface area (Å²) in [4.78, 5) is 25.0. The van der Waals surface area contributed by atoms with Crippen molar-refractivity contribution in [3.63, 3.8) is 0 Å². The third kappa shape index (κ3) is 7.51. The molecule has 2 amide bonds. The number of phenolic OH excluding ortho intramolecular Hbond substituents is 2. The van der Waals surface area contributed by atoms with Crippen LogP contribution >= 0.6 is 0 Å². The minimum Gasteiger partial charge on any atom is -0.507 e. The van der Waals surface area contributed by atoms with Gasteiger partial charge >= 0.3 is 0 Å². The van der Waals surface area contributed by atoms with E-state index < -0.39 is 11.8 Å². The number of aromatic hydroxyl groups is 2. The SMILES string of the molecule is COc1cc(NC(=O)c2cc3ccccc3cc2O)cc(OC)c1.COc1ccc(NC(=O)c2cc3ccccc3cc2O)cc1OC. The maximum absolute atomic E-state index is 12.5. The number of hydrogen-bond donors (Lipinski definition) is 4. The van der Waals surface area contributed by atoms with Crippen molar-refractivity contribution in [3.8, 4) is 34.5 Å². The second-order valence-electron chi connectivity index (χ2n) is 10.5. The minimum absolute atomic E-state index is 0.0633. The molecule has 0 aliphatic carbocycles. The van der Waals surface area contributed by atoms with E-state index in [1.807, 2.05) is 48.5 Å². The van der Waals surface area contributed by atoms with Crippen molar-refractivity contribution in [2.24, 2.45) is 0 Å². The number of carbonyl (C=O) groups excluding carboxylic acids is 2. The predicted molar refractivity (Wildman–Crippen MR) is 186 cm³/mol. The summed E-state index contributed by atoms with van der Waals surface area (Å²) >= 11 is 0. The van der Waals surface area contributed by atoms with Crippen molar-refractivity contribution in [2.45, 2.75) is 0 Å². The molecule has 4 N–H and O–H groups in total. The topological polar surface area (TPSA) is 136 Å². The van der Waals surface area contributed by atoms with Crippen LogP contribution in [-0.4, -0.2) is 50.5 Å². The maximum Gasteiger partial charge on any atom is 0.259 e. The zero-order valence-corrected chi connectivity index (χ0v) is 26.7. The minimum atomic E-state index is -0.409. The van der Waals surface area contributed by atoms with Gasteiger partial charge in [-0.15, -0.1) is 0 Å². The number of amides is 2. The first-order chi connectivity index (χ1) is 23.2. The molecule has 0 aromatic heterocycles. The summed E-state index contributed by atoms with van der Waals surface area (Å²) in [6.45, 7) is 0. The molecule has 6 aromatic rings. The van der Waals surface area contributed by atoms with Crippen LogP contribution in [0.15, 0.2) is 109 Å². The molecule has 0 aliphatic rings. The molecule has 0 bridgehead atoms. The number of methoxy groups -OCH3 is 4. The number of phenols is 2. The van der Waals surface area contributed by atoms with Crippen LogP contribution in [0.3, 0.4) is 0 Å². The fourth-order valence-corrected chi connectivity index (χ4v) is 5.01. The van der Waals surface area contributed by atoms with Gasteiger partial charge in [0.15, 0.2) is 11.5 Å². The lowest BCUT2D eigenvalue weighted by atomic mass is 10.1. The highest BCUT2D eigenvalue weighted by Gasteiger charge is 2.15. The van der Waals surface area contributed by atoms with E-state index in [4.69, 9.17) is 18.9 Å². The summed E-state index contributed by atoms with van der Waals surface area (Å²) in [7, 11) is 6.15. The number of carbonyl (C=O) groups is 2. The number of benzene rings is 6. The highest BCUT2D eigenvalue weighted by molar-refractivity contribution is 6.09. The van der Waals surface area contributed by atoms with E-state index in [2.05, 4.69) is 10.6 Å². The molecule has 0 fully saturated rings. The third-order valence-electron chi connectivity index (χ3n) is 7.47. The van der Waals surface area contributed by atoms with Crippen molar-refractivity contribution < 1.29 is 38.7 Å².